The highest BCUT2D eigenvalue weighted by molar-refractivity contribution is 7.18. The number of fused-ring (bicyclic) bond motifs is 1. The molecule has 4 nitrogen and oxygen atoms in total. The lowest BCUT2D eigenvalue weighted by Gasteiger charge is -2.37. The Morgan fingerprint density at radius 2 is 2.00 bits per heavy atom. The zero-order valence-electron chi connectivity index (χ0n) is 11.0. The molecule has 2 aromatic rings. The Labute approximate surface area is 111 Å². The third kappa shape index (κ3) is 2.08. The molecule has 1 aliphatic heterocycles. The summed E-state index contributed by atoms with van der Waals surface area (Å²) in [6.07, 6.45) is 1.69. The summed E-state index contributed by atoms with van der Waals surface area (Å²) in [6.45, 7) is 8.58. The van der Waals surface area contributed by atoms with E-state index < -0.39 is 0 Å². The Kier molecular flexibility index (Phi) is 2.95. The van der Waals surface area contributed by atoms with Gasteiger partial charge in [0.1, 0.15) is 17.0 Å². The Hall–Kier alpha value is -1.20. The van der Waals surface area contributed by atoms with Gasteiger partial charge in [-0.1, -0.05) is 0 Å². The van der Waals surface area contributed by atoms with Gasteiger partial charge in [-0.3, -0.25) is 0 Å². The molecule has 0 spiro atoms. The van der Waals surface area contributed by atoms with Crippen LogP contribution in [0, 0.1) is 6.92 Å². The van der Waals surface area contributed by atoms with E-state index in [-0.39, 0.29) is 0 Å². The minimum absolute atomic E-state index is 0.499. The molecule has 1 fully saturated rings. The second kappa shape index (κ2) is 4.48. The number of thiophene rings is 1. The van der Waals surface area contributed by atoms with Crippen molar-refractivity contribution >= 4 is 27.4 Å². The van der Waals surface area contributed by atoms with Crippen molar-refractivity contribution < 1.29 is 0 Å². The van der Waals surface area contributed by atoms with Crippen LogP contribution in [0.2, 0.25) is 0 Å². The molecule has 3 rings (SSSR count). The lowest BCUT2D eigenvalue weighted by Crippen LogP contribution is -2.54. The molecule has 0 amide bonds. The standard InChI is InChI=1S/C13H18N4S/c1-8-5-17(6-9(2)16-8)12-11-4-10(3)18-13(11)15-7-14-12/h4,7-9,16H,5-6H2,1-3H3. The lowest BCUT2D eigenvalue weighted by atomic mass is 10.1. The number of hydrogen-bond acceptors (Lipinski definition) is 5. The fourth-order valence-corrected chi connectivity index (χ4v) is 3.56. The molecule has 2 aromatic heterocycles. The molecule has 1 aliphatic rings. The molecule has 0 bridgehead atoms. The third-order valence-electron chi connectivity index (χ3n) is 3.29. The van der Waals surface area contributed by atoms with Crippen molar-refractivity contribution in [1.29, 1.82) is 0 Å². The Morgan fingerprint density at radius 1 is 1.28 bits per heavy atom. The second-order valence-electron chi connectivity index (χ2n) is 5.15. The number of nitrogens with zero attached hydrogens (tertiary/aromatic N) is 3. The van der Waals surface area contributed by atoms with Gasteiger partial charge in [0.2, 0.25) is 0 Å². The van der Waals surface area contributed by atoms with E-state index in [4.69, 9.17) is 0 Å². The number of aromatic nitrogens is 2. The van der Waals surface area contributed by atoms with Crippen molar-refractivity contribution in [3.63, 3.8) is 0 Å². The summed E-state index contributed by atoms with van der Waals surface area (Å²) in [7, 11) is 0. The zero-order chi connectivity index (χ0) is 12.7. The van der Waals surface area contributed by atoms with Gasteiger partial charge in [0.05, 0.1) is 5.39 Å². The van der Waals surface area contributed by atoms with Gasteiger partial charge in [-0.25, -0.2) is 9.97 Å². The summed E-state index contributed by atoms with van der Waals surface area (Å²) in [5, 5.41) is 4.75. The Bertz CT molecular complexity index is 555. The van der Waals surface area contributed by atoms with Crippen molar-refractivity contribution in [2.24, 2.45) is 0 Å². The molecule has 3 heterocycles. The first-order valence-corrected chi connectivity index (χ1v) is 7.17. The SMILES string of the molecule is Cc1cc2c(N3CC(C)NC(C)C3)ncnc2s1. The average molecular weight is 262 g/mol. The minimum Gasteiger partial charge on any atom is -0.353 e. The van der Waals surface area contributed by atoms with Gasteiger partial charge < -0.3 is 10.2 Å². The summed E-state index contributed by atoms with van der Waals surface area (Å²) >= 11 is 1.74. The van der Waals surface area contributed by atoms with Crippen LogP contribution in [0.3, 0.4) is 0 Å². The highest BCUT2D eigenvalue weighted by Gasteiger charge is 2.23. The molecule has 0 aliphatic carbocycles. The summed E-state index contributed by atoms with van der Waals surface area (Å²) in [6, 6.07) is 3.20. The lowest BCUT2D eigenvalue weighted by molar-refractivity contribution is 0.406. The molecule has 1 saturated heterocycles. The maximum atomic E-state index is 4.51. The van der Waals surface area contributed by atoms with Crippen molar-refractivity contribution in [3.8, 4) is 0 Å². The van der Waals surface area contributed by atoms with E-state index in [9.17, 15) is 0 Å². The van der Waals surface area contributed by atoms with Crippen LogP contribution < -0.4 is 10.2 Å². The van der Waals surface area contributed by atoms with E-state index in [1.807, 2.05) is 0 Å². The van der Waals surface area contributed by atoms with Gasteiger partial charge in [-0.05, 0) is 26.8 Å². The number of piperazine rings is 1. The van der Waals surface area contributed by atoms with Crippen molar-refractivity contribution in [3.05, 3.63) is 17.3 Å². The monoisotopic (exact) mass is 262 g/mol. The number of hydrogen-bond donors (Lipinski definition) is 1. The van der Waals surface area contributed by atoms with Gasteiger partial charge in [0, 0.05) is 30.1 Å². The zero-order valence-corrected chi connectivity index (χ0v) is 11.8. The average Bonchev–Trinajstić information content (AvgIpc) is 2.67. The minimum atomic E-state index is 0.499. The van der Waals surface area contributed by atoms with Crippen LogP contribution in [0.25, 0.3) is 10.2 Å². The Morgan fingerprint density at radius 3 is 2.72 bits per heavy atom. The number of rotatable bonds is 1. The van der Waals surface area contributed by atoms with Crippen LogP contribution in [0.4, 0.5) is 5.82 Å². The maximum absolute atomic E-state index is 4.51. The number of nitrogens with one attached hydrogen (secondary N) is 1. The fourth-order valence-electron chi connectivity index (χ4n) is 2.72. The maximum Gasteiger partial charge on any atom is 0.140 e. The third-order valence-corrected chi connectivity index (χ3v) is 4.25. The number of aryl methyl sites for hydroxylation is 1. The van der Waals surface area contributed by atoms with E-state index >= 15 is 0 Å². The predicted octanol–water partition coefficient (Wildman–Crippen LogP) is 2.19. The number of anilines is 1. The molecule has 1 N–H and O–H groups in total. The normalized spacial score (nSPS) is 24.7. The first-order valence-electron chi connectivity index (χ1n) is 6.35. The van der Waals surface area contributed by atoms with Crippen molar-refractivity contribution in [2.45, 2.75) is 32.9 Å². The topological polar surface area (TPSA) is 41.0 Å². The van der Waals surface area contributed by atoms with Crippen molar-refractivity contribution in [1.82, 2.24) is 15.3 Å². The Balaban J connectivity index is 2.02. The molecule has 2 unspecified atom stereocenters. The molecule has 96 valence electrons. The molecular formula is C13H18N4S. The quantitative estimate of drug-likeness (QED) is 0.855. The van der Waals surface area contributed by atoms with Gasteiger partial charge in [0.25, 0.3) is 0 Å². The van der Waals surface area contributed by atoms with Crippen LogP contribution >= 0.6 is 11.3 Å². The van der Waals surface area contributed by atoms with Crippen LogP contribution in [-0.4, -0.2) is 35.1 Å². The van der Waals surface area contributed by atoms with E-state index in [1.54, 1.807) is 17.7 Å². The van der Waals surface area contributed by atoms with Crippen LogP contribution in [0.5, 0.6) is 0 Å². The summed E-state index contributed by atoms with van der Waals surface area (Å²) in [4.78, 5) is 13.6. The highest BCUT2D eigenvalue weighted by Crippen LogP contribution is 2.30. The molecule has 0 saturated carbocycles. The second-order valence-corrected chi connectivity index (χ2v) is 6.38. The summed E-state index contributed by atoms with van der Waals surface area (Å²) in [5.74, 6) is 1.09. The van der Waals surface area contributed by atoms with Crippen LogP contribution in [-0.2, 0) is 0 Å². The van der Waals surface area contributed by atoms with Crippen LogP contribution in [0.15, 0.2) is 12.4 Å². The molecule has 5 heteroatoms. The van der Waals surface area contributed by atoms with Gasteiger partial charge in [-0.2, -0.15) is 0 Å². The van der Waals surface area contributed by atoms with E-state index in [2.05, 4.69) is 47.0 Å². The summed E-state index contributed by atoms with van der Waals surface area (Å²) < 4.78 is 0. The van der Waals surface area contributed by atoms with Gasteiger partial charge >= 0.3 is 0 Å². The van der Waals surface area contributed by atoms with Crippen LogP contribution in [0.1, 0.15) is 18.7 Å². The van der Waals surface area contributed by atoms with E-state index in [0.29, 0.717) is 12.1 Å². The first kappa shape index (κ1) is 11.9. The highest BCUT2D eigenvalue weighted by atomic mass is 32.1. The first-order chi connectivity index (χ1) is 8.63. The summed E-state index contributed by atoms with van der Waals surface area (Å²) in [5.41, 5.74) is 0. The van der Waals surface area contributed by atoms with Gasteiger partial charge in [-0.15, -0.1) is 11.3 Å². The van der Waals surface area contributed by atoms with Gasteiger partial charge in [0.15, 0.2) is 0 Å². The van der Waals surface area contributed by atoms with E-state index in [0.717, 1.165) is 23.7 Å². The smallest absolute Gasteiger partial charge is 0.140 e. The molecular weight excluding hydrogens is 244 g/mol. The molecule has 2 atom stereocenters. The van der Waals surface area contributed by atoms with E-state index in [1.165, 1.54) is 10.3 Å². The largest absolute Gasteiger partial charge is 0.353 e. The fraction of sp³-hybridized carbons (Fsp3) is 0.538. The predicted molar refractivity (Wildman–Crippen MR) is 76.4 cm³/mol. The molecule has 0 radical (unpaired) electrons. The molecule has 18 heavy (non-hydrogen) atoms. The van der Waals surface area contributed by atoms with Crippen molar-refractivity contribution in [2.75, 3.05) is 18.0 Å². The molecule has 0 aromatic carbocycles.